The third kappa shape index (κ3) is 5.58. The van der Waals surface area contributed by atoms with Crippen molar-refractivity contribution in [1.29, 1.82) is 0 Å². The van der Waals surface area contributed by atoms with Gasteiger partial charge in [0.05, 0.1) is 19.4 Å². The summed E-state index contributed by atoms with van der Waals surface area (Å²) in [4.78, 5) is 17.1. The topological polar surface area (TPSA) is 109 Å². The van der Waals surface area contributed by atoms with Crippen LogP contribution in [0.15, 0.2) is 66.7 Å². The summed E-state index contributed by atoms with van der Waals surface area (Å²) in [7, 11) is 1.58. The van der Waals surface area contributed by atoms with Gasteiger partial charge in [-0.1, -0.05) is 19.9 Å². The molecule has 1 aromatic heterocycles. The van der Waals surface area contributed by atoms with Gasteiger partial charge in [-0.05, 0) is 60.5 Å². The van der Waals surface area contributed by atoms with Gasteiger partial charge in [0.2, 0.25) is 6.79 Å². The van der Waals surface area contributed by atoms with Gasteiger partial charge in [0, 0.05) is 23.0 Å². The second-order valence-electron chi connectivity index (χ2n) is 8.76. The lowest BCUT2D eigenvalue weighted by atomic mass is 10.2. The maximum Gasteiger partial charge on any atom is 0.336 e. The number of carbonyl (C=O) groups excluding carboxylic acids is 1. The zero-order chi connectivity index (χ0) is 25.8. The number of anilines is 2. The Kier molecular flexibility index (Phi) is 6.80. The first-order valence-corrected chi connectivity index (χ1v) is 11.8. The molecule has 5 rings (SSSR count). The van der Waals surface area contributed by atoms with E-state index in [-0.39, 0.29) is 18.8 Å². The molecule has 0 bridgehead atoms. The smallest absolute Gasteiger partial charge is 0.336 e. The second kappa shape index (κ2) is 10.5. The number of hydrogen-bond acceptors (Lipinski definition) is 7. The number of carbonyl (C=O) groups is 1. The molecule has 0 unspecified atom stereocenters. The Morgan fingerprint density at radius 1 is 1.00 bits per heavy atom. The van der Waals surface area contributed by atoms with E-state index in [0.29, 0.717) is 47.0 Å². The maximum atomic E-state index is 12.5. The number of nitrogens with zero attached hydrogens (tertiary/aromatic N) is 3. The predicted molar refractivity (Wildman–Crippen MR) is 139 cm³/mol. The lowest BCUT2D eigenvalue weighted by Gasteiger charge is -2.10. The Labute approximate surface area is 214 Å². The van der Waals surface area contributed by atoms with E-state index in [1.807, 2.05) is 36.4 Å². The number of ether oxygens (including phenoxy) is 4. The molecule has 190 valence electrons. The lowest BCUT2D eigenvalue weighted by Crippen LogP contribution is -2.19. The number of rotatable bonds is 8. The van der Waals surface area contributed by atoms with Gasteiger partial charge in [-0.2, -0.15) is 4.98 Å². The van der Waals surface area contributed by atoms with E-state index < -0.39 is 0 Å². The van der Waals surface area contributed by atoms with E-state index in [4.69, 9.17) is 18.9 Å². The van der Waals surface area contributed by atoms with Crippen molar-refractivity contribution in [2.75, 3.05) is 31.1 Å². The van der Waals surface area contributed by atoms with Crippen LogP contribution in [-0.4, -0.2) is 41.3 Å². The SMILES string of the molecule is COc1cccc(NC(=O)Nc2ccc(-n3nc(OCC(C)C)nc3-c3ccc4c(c3)OCO4)cc2)c1. The molecule has 1 aliphatic rings. The van der Waals surface area contributed by atoms with Gasteiger partial charge in [-0.25, -0.2) is 9.48 Å². The van der Waals surface area contributed by atoms with Gasteiger partial charge >= 0.3 is 12.0 Å². The van der Waals surface area contributed by atoms with Crippen LogP contribution in [0.2, 0.25) is 0 Å². The molecule has 0 fully saturated rings. The van der Waals surface area contributed by atoms with Crippen LogP contribution >= 0.6 is 0 Å². The number of urea groups is 1. The van der Waals surface area contributed by atoms with Crippen molar-refractivity contribution < 1.29 is 23.7 Å². The molecule has 0 saturated carbocycles. The first-order valence-electron chi connectivity index (χ1n) is 11.8. The van der Waals surface area contributed by atoms with E-state index in [0.717, 1.165) is 11.3 Å². The first kappa shape index (κ1) is 24.0. The number of benzene rings is 3. The third-order valence-corrected chi connectivity index (χ3v) is 5.46. The molecule has 0 spiro atoms. The van der Waals surface area contributed by atoms with Crippen LogP contribution in [0.1, 0.15) is 13.8 Å². The predicted octanol–water partition coefficient (Wildman–Crippen LogP) is 5.35. The van der Waals surface area contributed by atoms with Crippen LogP contribution in [0.3, 0.4) is 0 Å². The summed E-state index contributed by atoms with van der Waals surface area (Å²) in [5, 5.41) is 10.2. The number of fused-ring (bicyclic) bond motifs is 1. The Morgan fingerprint density at radius 2 is 1.78 bits per heavy atom. The highest BCUT2D eigenvalue weighted by molar-refractivity contribution is 5.99. The van der Waals surface area contributed by atoms with Crippen molar-refractivity contribution in [2.24, 2.45) is 5.92 Å². The van der Waals surface area contributed by atoms with Crippen LogP contribution in [-0.2, 0) is 0 Å². The average molecular weight is 502 g/mol. The fourth-order valence-corrected chi connectivity index (χ4v) is 3.68. The Bertz CT molecular complexity index is 1400. The van der Waals surface area contributed by atoms with Crippen molar-refractivity contribution >= 4 is 17.4 Å². The molecule has 3 aromatic carbocycles. The molecule has 0 aliphatic carbocycles. The fraction of sp³-hybridized carbons (Fsp3) is 0.222. The van der Waals surface area contributed by atoms with E-state index in [1.165, 1.54) is 0 Å². The fourth-order valence-electron chi connectivity index (χ4n) is 3.68. The van der Waals surface area contributed by atoms with E-state index in [1.54, 1.807) is 42.1 Å². The van der Waals surface area contributed by atoms with Gasteiger partial charge in [-0.15, -0.1) is 5.10 Å². The molecule has 2 heterocycles. The molecule has 37 heavy (non-hydrogen) atoms. The molecule has 4 aromatic rings. The van der Waals surface area contributed by atoms with Crippen molar-refractivity contribution in [3.05, 3.63) is 66.7 Å². The molecule has 2 N–H and O–H groups in total. The summed E-state index contributed by atoms with van der Waals surface area (Å²) in [5.41, 5.74) is 2.79. The van der Waals surface area contributed by atoms with Crippen LogP contribution in [0, 0.1) is 5.92 Å². The molecule has 2 amide bonds. The van der Waals surface area contributed by atoms with Crippen LogP contribution < -0.4 is 29.6 Å². The highest BCUT2D eigenvalue weighted by Crippen LogP contribution is 2.36. The van der Waals surface area contributed by atoms with E-state index >= 15 is 0 Å². The summed E-state index contributed by atoms with van der Waals surface area (Å²) in [6, 6.07) is 19.9. The summed E-state index contributed by atoms with van der Waals surface area (Å²) >= 11 is 0. The second-order valence-corrected chi connectivity index (χ2v) is 8.76. The minimum absolute atomic E-state index is 0.189. The number of nitrogens with one attached hydrogen (secondary N) is 2. The average Bonchev–Trinajstić information content (AvgIpc) is 3.55. The molecular weight excluding hydrogens is 474 g/mol. The summed E-state index contributed by atoms with van der Waals surface area (Å²) in [6.45, 7) is 4.81. The van der Waals surface area contributed by atoms with Gasteiger partial charge in [-0.3, -0.25) is 0 Å². The number of hydrogen-bond donors (Lipinski definition) is 2. The molecule has 0 radical (unpaired) electrons. The summed E-state index contributed by atoms with van der Waals surface area (Å²) in [6.07, 6.45) is 0. The largest absolute Gasteiger partial charge is 0.497 e. The van der Waals surface area contributed by atoms with Gasteiger partial charge in [0.15, 0.2) is 17.3 Å². The highest BCUT2D eigenvalue weighted by Gasteiger charge is 2.19. The monoisotopic (exact) mass is 501 g/mol. The van der Waals surface area contributed by atoms with Gasteiger partial charge < -0.3 is 29.6 Å². The normalized spacial score (nSPS) is 11.9. The number of aromatic nitrogens is 3. The lowest BCUT2D eigenvalue weighted by molar-refractivity contribution is 0.174. The van der Waals surface area contributed by atoms with Crippen molar-refractivity contribution in [3.8, 4) is 40.3 Å². The molecule has 0 saturated heterocycles. The maximum absolute atomic E-state index is 12.5. The van der Waals surface area contributed by atoms with Gasteiger partial charge in [0.25, 0.3) is 0 Å². The van der Waals surface area contributed by atoms with Crippen molar-refractivity contribution in [2.45, 2.75) is 13.8 Å². The molecule has 0 atom stereocenters. The zero-order valence-electron chi connectivity index (χ0n) is 20.7. The quantitative estimate of drug-likeness (QED) is 0.335. The van der Waals surface area contributed by atoms with Crippen LogP contribution in [0.5, 0.6) is 23.3 Å². The molecule has 10 nitrogen and oxygen atoms in total. The van der Waals surface area contributed by atoms with Gasteiger partial charge in [0.1, 0.15) is 5.75 Å². The Balaban J connectivity index is 1.36. The third-order valence-electron chi connectivity index (χ3n) is 5.46. The molecular formula is C27H27N5O5. The number of methoxy groups -OCH3 is 1. The molecule has 10 heteroatoms. The van der Waals surface area contributed by atoms with Crippen LogP contribution in [0.25, 0.3) is 17.1 Å². The highest BCUT2D eigenvalue weighted by atomic mass is 16.7. The summed E-state index contributed by atoms with van der Waals surface area (Å²) in [5.74, 6) is 2.92. The van der Waals surface area contributed by atoms with Crippen LogP contribution in [0.4, 0.5) is 16.2 Å². The van der Waals surface area contributed by atoms with Crippen molar-refractivity contribution in [3.63, 3.8) is 0 Å². The summed E-state index contributed by atoms with van der Waals surface area (Å²) < 4.78 is 23.7. The standard InChI is InChI=1S/C27H27N5O5/c1-17(2)15-35-27-30-25(18-7-12-23-24(13-18)37-16-36-23)32(31-27)21-10-8-19(9-11-21)28-26(33)29-20-5-4-6-22(14-20)34-3/h4-14,17H,15-16H2,1-3H3,(H2,28,29,33). The first-order chi connectivity index (χ1) is 18.0. The van der Waals surface area contributed by atoms with E-state index in [2.05, 4.69) is 34.6 Å². The Morgan fingerprint density at radius 3 is 2.57 bits per heavy atom. The van der Waals surface area contributed by atoms with E-state index in [9.17, 15) is 4.79 Å². The molecule has 1 aliphatic heterocycles. The minimum Gasteiger partial charge on any atom is -0.497 e. The minimum atomic E-state index is -0.368. The van der Waals surface area contributed by atoms with Crippen molar-refractivity contribution in [1.82, 2.24) is 14.8 Å². The number of amides is 2. The Hall–Kier alpha value is -4.73. The zero-order valence-corrected chi connectivity index (χ0v) is 20.7.